The fourth-order valence-corrected chi connectivity index (χ4v) is 2.80. The van der Waals surface area contributed by atoms with Crippen LogP contribution in [-0.2, 0) is 4.74 Å². The first-order valence-corrected chi connectivity index (χ1v) is 9.69. The molecule has 0 aliphatic heterocycles. The molecule has 1 aromatic carbocycles. The average Bonchev–Trinajstić information content (AvgIpc) is 3.14. The van der Waals surface area contributed by atoms with E-state index in [4.69, 9.17) is 4.74 Å². The van der Waals surface area contributed by atoms with Crippen molar-refractivity contribution in [3.63, 3.8) is 0 Å². The molecular weight excluding hydrogens is 375 g/mol. The lowest BCUT2D eigenvalue weighted by atomic mass is 9.92. The van der Waals surface area contributed by atoms with Crippen LogP contribution in [0.3, 0.4) is 0 Å². The zero-order valence-corrected chi connectivity index (χ0v) is 17.6. The first-order chi connectivity index (χ1) is 13.6. The van der Waals surface area contributed by atoms with E-state index < -0.39 is 29.0 Å². The highest BCUT2D eigenvalue weighted by Gasteiger charge is 2.30. The Bertz CT molecular complexity index is 854. The van der Waals surface area contributed by atoms with Gasteiger partial charge in [0.05, 0.1) is 5.54 Å². The Morgan fingerprint density at radius 1 is 1.14 bits per heavy atom. The quantitative estimate of drug-likeness (QED) is 0.735. The van der Waals surface area contributed by atoms with E-state index in [1.165, 1.54) is 23.0 Å². The zero-order valence-electron chi connectivity index (χ0n) is 17.6. The summed E-state index contributed by atoms with van der Waals surface area (Å²) in [7, 11) is 0. The number of amides is 2. The van der Waals surface area contributed by atoms with Gasteiger partial charge >= 0.3 is 6.09 Å². The zero-order chi connectivity index (χ0) is 21.7. The summed E-state index contributed by atoms with van der Waals surface area (Å²) in [5.41, 5.74) is -0.837. The molecule has 2 N–H and O–H groups in total. The number of aromatic nitrogens is 2. The summed E-state index contributed by atoms with van der Waals surface area (Å²) in [4.78, 5) is 24.7. The van der Waals surface area contributed by atoms with Gasteiger partial charge in [-0.15, -0.1) is 0 Å². The number of para-hydroxylation sites is 1. The van der Waals surface area contributed by atoms with Crippen LogP contribution >= 0.6 is 0 Å². The second-order valence-electron chi connectivity index (χ2n) is 7.89. The molecule has 0 saturated carbocycles. The number of nitrogens with zero attached hydrogens (tertiary/aromatic N) is 2. The number of hydrogen-bond donors (Lipinski definition) is 2. The van der Waals surface area contributed by atoms with E-state index in [1.54, 1.807) is 39.0 Å². The summed E-state index contributed by atoms with van der Waals surface area (Å²) in [6, 6.07) is 7.72. The molecule has 0 bridgehead atoms. The SMILES string of the molecule is CCC(CC)(CNC(=O)OC(C)(C)C)NC(=O)c1ccn(-c2ccccc2F)n1. The Balaban J connectivity index is 2.09. The highest BCUT2D eigenvalue weighted by Crippen LogP contribution is 2.17. The standard InChI is InChI=1S/C21H29FN4O3/c1-6-21(7-2,14-23-19(28)29-20(3,4)5)24-18(27)16-12-13-26(25-16)17-11-9-8-10-15(17)22/h8-13H,6-7,14H2,1-5H3,(H,23,28)(H,24,27). The number of rotatable bonds is 7. The average molecular weight is 404 g/mol. The minimum Gasteiger partial charge on any atom is -0.444 e. The summed E-state index contributed by atoms with van der Waals surface area (Å²) in [5.74, 6) is -0.824. The summed E-state index contributed by atoms with van der Waals surface area (Å²) in [6.45, 7) is 9.43. The first kappa shape index (κ1) is 22.4. The molecule has 1 heterocycles. The van der Waals surface area contributed by atoms with Gasteiger partial charge in [0.2, 0.25) is 0 Å². The van der Waals surface area contributed by atoms with Gasteiger partial charge in [0.25, 0.3) is 5.91 Å². The fourth-order valence-electron chi connectivity index (χ4n) is 2.80. The smallest absolute Gasteiger partial charge is 0.407 e. The Morgan fingerprint density at radius 2 is 1.79 bits per heavy atom. The van der Waals surface area contributed by atoms with Crippen molar-refractivity contribution in [3.8, 4) is 5.69 Å². The van der Waals surface area contributed by atoms with Gasteiger partial charge in [-0.3, -0.25) is 4.79 Å². The van der Waals surface area contributed by atoms with Crippen LogP contribution in [0, 0.1) is 5.82 Å². The maximum atomic E-state index is 13.9. The number of hydrogen-bond acceptors (Lipinski definition) is 4. The minimum absolute atomic E-state index is 0.164. The summed E-state index contributed by atoms with van der Waals surface area (Å²) in [6.07, 6.45) is 2.19. The Kier molecular flexibility index (Phi) is 7.00. The molecule has 0 atom stereocenters. The number of carbonyl (C=O) groups excluding carboxylic acids is 2. The molecule has 0 aliphatic rings. The van der Waals surface area contributed by atoms with Crippen molar-refractivity contribution in [1.29, 1.82) is 0 Å². The van der Waals surface area contributed by atoms with Crippen molar-refractivity contribution in [2.75, 3.05) is 6.54 Å². The largest absolute Gasteiger partial charge is 0.444 e. The molecule has 0 radical (unpaired) electrons. The number of alkyl carbamates (subject to hydrolysis) is 1. The monoisotopic (exact) mass is 404 g/mol. The number of carbonyl (C=O) groups is 2. The Morgan fingerprint density at radius 3 is 2.38 bits per heavy atom. The molecular formula is C21H29FN4O3. The van der Waals surface area contributed by atoms with Crippen molar-refractivity contribution in [2.24, 2.45) is 0 Å². The van der Waals surface area contributed by atoms with Gasteiger partial charge in [-0.1, -0.05) is 26.0 Å². The summed E-state index contributed by atoms with van der Waals surface area (Å²) >= 11 is 0. The minimum atomic E-state index is -0.657. The van der Waals surface area contributed by atoms with Crippen LogP contribution < -0.4 is 10.6 Å². The predicted octanol–water partition coefficient (Wildman–Crippen LogP) is 3.82. The van der Waals surface area contributed by atoms with Gasteiger partial charge in [0.1, 0.15) is 17.1 Å². The van der Waals surface area contributed by atoms with Crippen LogP contribution in [0.4, 0.5) is 9.18 Å². The van der Waals surface area contributed by atoms with Gasteiger partial charge in [0, 0.05) is 12.7 Å². The molecule has 2 amide bonds. The Hall–Kier alpha value is -2.90. The Labute approximate surface area is 170 Å². The number of nitrogens with one attached hydrogen (secondary N) is 2. The highest BCUT2D eigenvalue weighted by molar-refractivity contribution is 5.92. The molecule has 8 heteroatoms. The van der Waals surface area contributed by atoms with E-state index >= 15 is 0 Å². The second kappa shape index (κ2) is 9.07. The molecule has 2 rings (SSSR count). The third kappa shape index (κ3) is 6.04. The first-order valence-electron chi connectivity index (χ1n) is 9.69. The topological polar surface area (TPSA) is 85.3 Å². The third-order valence-electron chi connectivity index (χ3n) is 4.62. The molecule has 0 spiro atoms. The van der Waals surface area contributed by atoms with Gasteiger partial charge in [-0.25, -0.2) is 13.9 Å². The van der Waals surface area contributed by atoms with Crippen LogP contribution in [0.1, 0.15) is 57.9 Å². The van der Waals surface area contributed by atoms with Crippen LogP contribution in [0.25, 0.3) is 5.69 Å². The predicted molar refractivity (Wildman–Crippen MR) is 109 cm³/mol. The van der Waals surface area contributed by atoms with Gasteiger partial charge in [0.15, 0.2) is 5.69 Å². The van der Waals surface area contributed by atoms with E-state index in [0.717, 1.165) is 0 Å². The summed E-state index contributed by atoms with van der Waals surface area (Å²) in [5, 5.41) is 9.88. The molecule has 0 saturated heterocycles. The van der Waals surface area contributed by atoms with Crippen LogP contribution in [0.2, 0.25) is 0 Å². The summed E-state index contributed by atoms with van der Waals surface area (Å²) < 4.78 is 20.5. The van der Waals surface area contributed by atoms with Gasteiger partial charge in [-0.2, -0.15) is 5.10 Å². The van der Waals surface area contributed by atoms with E-state index in [9.17, 15) is 14.0 Å². The molecule has 29 heavy (non-hydrogen) atoms. The van der Waals surface area contributed by atoms with Crippen molar-refractivity contribution in [1.82, 2.24) is 20.4 Å². The van der Waals surface area contributed by atoms with E-state index in [0.29, 0.717) is 12.8 Å². The van der Waals surface area contributed by atoms with Crippen LogP contribution in [0.5, 0.6) is 0 Å². The van der Waals surface area contributed by atoms with Gasteiger partial charge < -0.3 is 15.4 Å². The van der Waals surface area contributed by atoms with Crippen LogP contribution in [-0.4, -0.2) is 39.5 Å². The van der Waals surface area contributed by atoms with Crippen LogP contribution in [0.15, 0.2) is 36.5 Å². The maximum Gasteiger partial charge on any atom is 0.407 e. The molecule has 0 unspecified atom stereocenters. The molecule has 0 fully saturated rings. The van der Waals surface area contributed by atoms with Crippen molar-refractivity contribution < 1.29 is 18.7 Å². The maximum absolute atomic E-state index is 13.9. The lowest BCUT2D eigenvalue weighted by molar-refractivity contribution is 0.0501. The molecule has 0 aliphatic carbocycles. The lowest BCUT2D eigenvalue weighted by Gasteiger charge is -2.33. The van der Waals surface area contributed by atoms with Crippen molar-refractivity contribution >= 4 is 12.0 Å². The highest BCUT2D eigenvalue weighted by atomic mass is 19.1. The molecule has 2 aromatic rings. The molecule has 1 aromatic heterocycles. The lowest BCUT2D eigenvalue weighted by Crippen LogP contribution is -2.55. The number of benzene rings is 1. The van der Waals surface area contributed by atoms with E-state index in [-0.39, 0.29) is 17.9 Å². The second-order valence-corrected chi connectivity index (χ2v) is 7.89. The third-order valence-corrected chi connectivity index (χ3v) is 4.62. The number of halogens is 1. The fraction of sp³-hybridized carbons (Fsp3) is 0.476. The van der Waals surface area contributed by atoms with E-state index in [2.05, 4.69) is 15.7 Å². The molecule has 158 valence electrons. The van der Waals surface area contributed by atoms with Crippen molar-refractivity contribution in [3.05, 3.63) is 48.0 Å². The normalized spacial score (nSPS) is 11.8. The van der Waals surface area contributed by atoms with Crippen molar-refractivity contribution in [2.45, 2.75) is 58.6 Å². The van der Waals surface area contributed by atoms with E-state index in [1.807, 2.05) is 13.8 Å². The van der Waals surface area contributed by atoms with Gasteiger partial charge in [-0.05, 0) is 51.8 Å². The molecule has 7 nitrogen and oxygen atoms in total. The number of ether oxygens (including phenoxy) is 1.